The van der Waals surface area contributed by atoms with Crippen LogP contribution in [-0.2, 0) is 28.6 Å². The molecule has 168 valence electrons. The largest absolute Gasteiger partial charge is 0.466 e. The van der Waals surface area contributed by atoms with E-state index in [0.29, 0.717) is 5.92 Å². The van der Waals surface area contributed by atoms with Crippen molar-refractivity contribution in [2.45, 2.75) is 72.8 Å². The van der Waals surface area contributed by atoms with Crippen molar-refractivity contribution in [2.75, 3.05) is 13.2 Å². The second-order valence-electron chi connectivity index (χ2n) is 10.3. The van der Waals surface area contributed by atoms with Gasteiger partial charge < -0.3 is 14.2 Å². The molecular formula is C24H36O6. The molecule has 6 atom stereocenters. The van der Waals surface area contributed by atoms with Gasteiger partial charge in [-0.1, -0.05) is 32.9 Å². The van der Waals surface area contributed by atoms with Crippen LogP contribution in [0.3, 0.4) is 0 Å². The van der Waals surface area contributed by atoms with Gasteiger partial charge in [-0.2, -0.15) is 0 Å². The van der Waals surface area contributed by atoms with Crippen LogP contribution in [0.1, 0.15) is 66.7 Å². The van der Waals surface area contributed by atoms with Crippen molar-refractivity contribution in [1.29, 1.82) is 0 Å². The van der Waals surface area contributed by atoms with Gasteiger partial charge in [0.2, 0.25) is 0 Å². The Hall–Kier alpha value is -1.85. The van der Waals surface area contributed by atoms with Crippen LogP contribution < -0.4 is 0 Å². The minimum absolute atomic E-state index is 0.0838. The first kappa shape index (κ1) is 22.8. The molecule has 6 heteroatoms. The van der Waals surface area contributed by atoms with Crippen LogP contribution in [0.4, 0.5) is 0 Å². The first-order valence-electron chi connectivity index (χ1n) is 11.1. The fourth-order valence-electron chi connectivity index (χ4n) is 6.53. The molecule has 0 N–H and O–H groups in total. The van der Waals surface area contributed by atoms with E-state index in [1.165, 1.54) is 19.4 Å². The van der Waals surface area contributed by atoms with E-state index in [0.717, 1.165) is 25.7 Å². The summed E-state index contributed by atoms with van der Waals surface area (Å²) in [5, 5.41) is 0. The van der Waals surface area contributed by atoms with E-state index in [4.69, 9.17) is 14.2 Å². The summed E-state index contributed by atoms with van der Waals surface area (Å²) in [4.78, 5) is 35.6. The zero-order chi connectivity index (χ0) is 22.3. The monoisotopic (exact) mass is 420 g/mol. The molecule has 0 spiro atoms. The smallest absolute Gasteiger partial charge is 0.306 e. The van der Waals surface area contributed by atoms with E-state index < -0.39 is 5.41 Å². The average molecular weight is 421 g/mol. The van der Waals surface area contributed by atoms with Crippen molar-refractivity contribution in [3.8, 4) is 0 Å². The molecule has 0 aromatic rings. The number of esters is 3. The molecule has 2 saturated carbocycles. The predicted octanol–water partition coefficient (Wildman–Crippen LogP) is 4.07. The van der Waals surface area contributed by atoms with Crippen molar-refractivity contribution in [1.82, 2.24) is 0 Å². The molecular weight excluding hydrogens is 384 g/mol. The average Bonchev–Trinajstić information content (AvgIpc) is 2.87. The first-order valence-corrected chi connectivity index (χ1v) is 11.1. The molecule has 3 aliphatic rings. The number of cyclic esters (lactones) is 1. The Morgan fingerprint density at radius 2 is 1.87 bits per heavy atom. The molecule has 0 amide bonds. The van der Waals surface area contributed by atoms with Gasteiger partial charge in [-0.25, -0.2) is 0 Å². The second kappa shape index (κ2) is 8.35. The minimum atomic E-state index is -0.444. The Kier molecular flexibility index (Phi) is 6.35. The number of carbonyl (C=O) groups is 3. The van der Waals surface area contributed by atoms with Gasteiger partial charge in [0.25, 0.3) is 0 Å². The van der Waals surface area contributed by atoms with Crippen LogP contribution in [0.5, 0.6) is 0 Å². The Morgan fingerprint density at radius 1 is 1.17 bits per heavy atom. The maximum absolute atomic E-state index is 12.1. The lowest BCUT2D eigenvalue weighted by atomic mass is 9.58. The van der Waals surface area contributed by atoms with E-state index >= 15 is 0 Å². The molecule has 0 unspecified atom stereocenters. The first-order chi connectivity index (χ1) is 14.0. The highest BCUT2D eigenvalue weighted by Crippen LogP contribution is 2.64. The van der Waals surface area contributed by atoms with Gasteiger partial charge in [0.1, 0.15) is 6.10 Å². The lowest BCUT2D eigenvalue weighted by molar-refractivity contribution is -0.175. The topological polar surface area (TPSA) is 78.9 Å². The summed E-state index contributed by atoms with van der Waals surface area (Å²) in [7, 11) is 0. The molecule has 3 rings (SSSR count). The highest BCUT2D eigenvalue weighted by molar-refractivity contribution is 5.71. The fraction of sp³-hybridized carbons (Fsp3) is 0.792. The van der Waals surface area contributed by atoms with Gasteiger partial charge in [0, 0.05) is 31.1 Å². The standard InChI is InChI=1S/C24H36O6/c1-14-8-7-9-23(4,5)18-11-20(30-16(3)26)24(6,22(14)18)19-13-29-21(27)10-17(19)12-28-15(2)25/h17-20,22H,1,7-13H2,2-6H3/t17-,18+,19+,20-,22+,24+/m0/s1. The molecule has 6 nitrogen and oxygen atoms in total. The summed E-state index contributed by atoms with van der Waals surface area (Å²) in [5.74, 6) is -0.703. The SMILES string of the molecule is C=C1CCCC(C)(C)[C@@H]2C[C@H](OC(C)=O)[C@@](C)([C@@H]3COC(=O)C[C@H]3COC(C)=O)[C@H]12. The lowest BCUT2D eigenvalue weighted by Crippen LogP contribution is -2.51. The summed E-state index contributed by atoms with van der Waals surface area (Å²) in [6.45, 7) is 14.5. The summed E-state index contributed by atoms with van der Waals surface area (Å²) >= 11 is 0. The van der Waals surface area contributed by atoms with Gasteiger partial charge in [-0.15, -0.1) is 0 Å². The lowest BCUT2D eigenvalue weighted by Gasteiger charge is -2.48. The van der Waals surface area contributed by atoms with E-state index in [2.05, 4.69) is 27.4 Å². The van der Waals surface area contributed by atoms with Crippen LogP contribution >= 0.6 is 0 Å². The number of rotatable bonds is 4. The third-order valence-corrected chi connectivity index (χ3v) is 8.03. The normalized spacial score (nSPS) is 38.2. The Bertz CT molecular complexity index is 725. The van der Waals surface area contributed by atoms with Crippen molar-refractivity contribution < 1.29 is 28.6 Å². The highest BCUT2D eigenvalue weighted by atomic mass is 16.6. The zero-order valence-electron chi connectivity index (χ0n) is 19.0. The number of allylic oxidation sites excluding steroid dienone is 1. The molecule has 0 bridgehead atoms. The fourth-order valence-corrected chi connectivity index (χ4v) is 6.53. The van der Waals surface area contributed by atoms with Crippen LogP contribution in [0, 0.1) is 34.5 Å². The van der Waals surface area contributed by atoms with Gasteiger partial charge in [-0.05, 0) is 42.9 Å². The van der Waals surface area contributed by atoms with Gasteiger partial charge in [0.15, 0.2) is 0 Å². The number of carbonyl (C=O) groups excluding carboxylic acids is 3. The van der Waals surface area contributed by atoms with Crippen LogP contribution in [0.2, 0.25) is 0 Å². The summed E-state index contributed by atoms with van der Waals surface area (Å²) in [5.41, 5.74) is 0.850. The van der Waals surface area contributed by atoms with Gasteiger partial charge in [0.05, 0.1) is 19.6 Å². The molecule has 0 aromatic carbocycles. The Labute approximate surface area is 179 Å². The maximum Gasteiger partial charge on any atom is 0.306 e. The van der Waals surface area contributed by atoms with Crippen molar-refractivity contribution in [2.24, 2.45) is 34.5 Å². The van der Waals surface area contributed by atoms with Gasteiger partial charge in [-0.3, -0.25) is 14.4 Å². The number of hydrogen-bond acceptors (Lipinski definition) is 6. The quantitative estimate of drug-likeness (QED) is 0.388. The molecule has 0 aromatic heterocycles. The van der Waals surface area contributed by atoms with E-state index in [1.807, 2.05) is 0 Å². The summed E-state index contributed by atoms with van der Waals surface area (Å²) in [6.07, 6.45) is 3.84. The molecule has 1 saturated heterocycles. The van der Waals surface area contributed by atoms with E-state index in [1.54, 1.807) is 0 Å². The number of ether oxygens (including phenoxy) is 3. The Morgan fingerprint density at radius 3 is 2.50 bits per heavy atom. The van der Waals surface area contributed by atoms with Gasteiger partial charge >= 0.3 is 17.9 Å². The van der Waals surface area contributed by atoms with Crippen molar-refractivity contribution in [3.05, 3.63) is 12.2 Å². The Balaban J connectivity index is 2.04. The molecule has 1 heterocycles. The molecule has 3 fully saturated rings. The summed E-state index contributed by atoms with van der Waals surface area (Å²) < 4.78 is 16.8. The van der Waals surface area contributed by atoms with E-state index in [9.17, 15) is 14.4 Å². The minimum Gasteiger partial charge on any atom is -0.466 e. The highest BCUT2D eigenvalue weighted by Gasteiger charge is 2.63. The number of hydrogen-bond donors (Lipinski definition) is 0. The van der Waals surface area contributed by atoms with Crippen LogP contribution in [0.25, 0.3) is 0 Å². The van der Waals surface area contributed by atoms with E-state index in [-0.39, 0.29) is 66.8 Å². The van der Waals surface area contributed by atoms with Crippen molar-refractivity contribution >= 4 is 17.9 Å². The number of fused-ring (bicyclic) bond motifs is 1. The van der Waals surface area contributed by atoms with Crippen LogP contribution in [-0.4, -0.2) is 37.2 Å². The molecule has 1 aliphatic heterocycles. The third kappa shape index (κ3) is 4.15. The van der Waals surface area contributed by atoms with Crippen molar-refractivity contribution in [3.63, 3.8) is 0 Å². The predicted molar refractivity (Wildman–Crippen MR) is 111 cm³/mol. The maximum atomic E-state index is 12.1. The zero-order valence-corrected chi connectivity index (χ0v) is 19.0. The summed E-state index contributed by atoms with van der Waals surface area (Å²) in [6, 6.07) is 0. The third-order valence-electron chi connectivity index (χ3n) is 8.03. The van der Waals surface area contributed by atoms with Crippen LogP contribution in [0.15, 0.2) is 12.2 Å². The second-order valence-corrected chi connectivity index (χ2v) is 10.3. The molecule has 2 aliphatic carbocycles. The molecule has 0 radical (unpaired) electrons. The molecule has 30 heavy (non-hydrogen) atoms.